The van der Waals surface area contributed by atoms with E-state index in [0.29, 0.717) is 11.8 Å². The molecule has 1 aliphatic heterocycles. The number of hydrogen-bond acceptors (Lipinski definition) is 5. The van der Waals surface area contributed by atoms with Gasteiger partial charge >= 0.3 is 0 Å². The van der Waals surface area contributed by atoms with Gasteiger partial charge in [-0.2, -0.15) is 0 Å². The zero-order valence-corrected chi connectivity index (χ0v) is 15.8. The summed E-state index contributed by atoms with van der Waals surface area (Å²) >= 11 is 1.77. The highest BCUT2D eigenvalue weighted by Gasteiger charge is 2.21. The molecular weight excluding hydrogens is 354 g/mol. The van der Waals surface area contributed by atoms with Crippen molar-refractivity contribution < 1.29 is 4.42 Å². The maximum absolute atomic E-state index is 5.94. The van der Waals surface area contributed by atoms with Crippen LogP contribution in [0.4, 0.5) is 11.4 Å². The van der Waals surface area contributed by atoms with Gasteiger partial charge in [-0.25, -0.2) is 0 Å². The average molecular weight is 371 g/mol. The highest BCUT2D eigenvalue weighted by atomic mass is 32.2. The molecule has 0 unspecified atom stereocenters. The number of anilines is 2. The van der Waals surface area contributed by atoms with Crippen LogP contribution in [0.5, 0.6) is 0 Å². The summed E-state index contributed by atoms with van der Waals surface area (Å²) in [6.07, 6.45) is 0. The van der Waals surface area contributed by atoms with E-state index in [-0.39, 0.29) is 0 Å². The fourth-order valence-corrected chi connectivity index (χ4v) is 4.42. The molecule has 0 amide bonds. The summed E-state index contributed by atoms with van der Waals surface area (Å²) in [5.41, 5.74) is 5.47. The van der Waals surface area contributed by atoms with Crippen molar-refractivity contribution in [3.63, 3.8) is 0 Å². The first-order valence-corrected chi connectivity index (χ1v) is 9.56. The topological polar surface area (TPSA) is 42.2 Å². The van der Waals surface area contributed by atoms with Gasteiger partial charge < -0.3 is 9.32 Å². The average Bonchev–Trinajstić information content (AvgIpc) is 3.19. The van der Waals surface area contributed by atoms with E-state index >= 15 is 0 Å². The van der Waals surface area contributed by atoms with Crippen LogP contribution in [-0.4, -0.2) is 17.2 Å². The minimum Gasteiger partial charge on any atom is -0.416 e. The Morgan fingerprint density at radius 3 is 2.26 bits per heavy atom. The molecule has 3 aromatic carbocycles. The molecule has 0 spiro atoms. The van der Waals surface area contributed by atoms with E-state index in [4.69, 9.17) is 4.42 Å². The third-order valence-corrected chi connectivity index (χ3v) is 5.85. The Labute approximate surface area is 161 Å². The molecule has 27 heavy (non-hydrogen) atoms. The molecule has 0 N–H and O–H groups in total. The van der Waals surface area contributed by atoms with E-state index in [1.165, 1.54) is 26.7 Å². The normalized spacial score (nSPS) is 12.6. The largest absolute Gasteiger partial charge is 0.416 e. The number of fused-ring (bicyclic) bond motifs is 2. The van der Waals surface area contributed by atoms with Gasteiger partial charge in [0.1, 0.15) is 0 Å². The molecule has 0 saturated carbocycles. The number of nitrogens with zero attached hydrogens (tertiary/aromatic N) is 3. The zero-order chi connectivity index (χ0) is 18.4. The Hall–Kier alpha value is -3.05. The maximum atomic E-state index is 5.94. The molecule has 0 radical (unpaired) electrons. The van der Waals surface area contributed by atoms with E-state index in [2.05, 4.69) is 65.5 Å². The van der Waals surface area contributed by atoms with Gasteiger partial charge in [-0.15, -0.1) is 10.2 Å². The van der Waals surface area contributed by atoms with Crippen LogP contribution in [0.2, 0.25) is 0 Å². The second kappa shape index (κ2) is 6.28. The van der Waals surface area contributed by atoms with Crippen LogP contribution in [0.25, 0.3) is 22.9 Å². The van der Waals surface area contributed by atoms with Crippen molar-refractivity contribution in [3.8, 4) is 22.9 Å². The first kappa shape index (κ1) is 16.1. The molecule has 0 bridgehead atoms. The molecule has 5 heteroatoms. The van der Waals surface area contributed by atoms with Gasteiger partial charge in [-0.3, -0.25) is 0 Å². The number of aryl methyl sites for hydroxylation is 1. The van der Waals surface area contributed by atoms with Crippen molar-refractivity contribution in [1.82, 2.24) is 10.2 Å². The fraction of sp³-hybridized carbons (Fsp3) is 0.0909. The van der Waals surface area contributed by atoms with Crippen LogP contribution in [-0.2, 0) is 0 Å². The summed E-state index contributed by atoms with van der Waals surface area (Å²) in [6.45, 7) is 2.06. The maximum Gasteiger partial charge on any atom is 0.248 e. The lowest BCUT2D eigenvalue weighted by molar-refractivity contribution is 0.584. The smallest absolute Gasteiger partial charge is 0.248 e. The lowest BCUT2D eigenvalue weighted by Crippen LogP contribution is -2.14. The van der Waals surface area contributed by atoms with Crippen molar-refractivity contribution in [3.05, 3.63) is 72.3 Å². The molecule has 0 aliphatic carbocycles. The molecule has 0 fully saturated rings. The Bertz CT molecular complexity index is 1130. The first-order valence-electron chi connectivity index (χ1n) is 8.74. The standard InChI is InChI=1S/C22H17N3OS/c1-14-7-9-15(10-8-14)21-23-24-22(26-21)16-11-12-18-20(13-16)27-19-6-4-3-5-17(19)25(18)2/h3-13H,1-2H3. The quantitative estimate of drug-likeness (QED) is 0.436. The molecule has 1 aliphatic rings. The molecule has 4 nitrogen and oxygen atoms in total. The summed E-state index contributed by atoms with van der Waals surface area (Å²) < 4.78 is 5.94. The van der Waals surface area contributed by atoms with Crippen molar-refractivity contribution in [1.29, 1.82) is 0 Å². The van der Waals surface area contributed by atoms with Gasteiger partial charge in [-0.05, 0) is 49.4 Å². The van der Waals surface area contributed by atoms with E-state index in [1.807, 2.05) is 30.3 Å². The van der Waals surface area contributed by atoms with E-state index < -0.39 is 0 Å². The highest BCUT2D eigenvalue weighted by Crippen LogP contribution is 2.48. The van der Waals surface area contributed by atoms with Crippen molar-refractivity contribution in [2.75, 3.05) is 11.9 Å². The minimum atomic E-state index is 0.537. The lowest BCUT2D eigenvalue weighted by atomic mass is 10.1. The van der Waals surface area contributed by atoms with Crippen LogP contribution in [0.15, 0.2) is 80.9 Å². The first-order chi connectivity index (χ1) is 13.2. The zero-order valence-electron chi connectivity index (χ0n) is 15.0. The molecule has 0 saturated heterocycles. The van der Waals surface area contributed by atoms with Gasteiger partial charge in [0.05, 0.1) is 11.4 Å². The molecule has 2 heterocycles. The number of para-hydroxylation sites is 1. The van der Waals surface area contributed by atoms with Crippen LogP contribution in [0, 0.1) is 6.92 Å². The summed E-state index contributed by atoms with van der Waals surface area (Å²) in [6, 6.07) is 22.8. The second-order valence-corrected chi connectivity index (χ2v) is 7.67. The number of aromatic nitrogens is 2. The Morgan fingerprint density at radius 1 is 0.778 bits per heavy atom. The Balaban J connectivity index is 1.51. The van der Waals surface area contributed by atoms with Crippen molar-refractivity contribution in [2.45, 2.75) is 16.7 Å². The van der Waals surface area contributed by atoms with Crippen LogP contribution in [0.1, 0.15) is 5.56 Å². The van der Waals surface area contributed by atoms with Crippen LogP contribution >= 0.6 is 11.8 Å². The molecule has 5 rings (SSSR count). The molecule has 132 valence electrons. The lowest BCUT2D eigenvalue weighted by Gasteiger charge is -2.29. The number of rotatable bonds is 2. The van der Waals surface area contributed by atoms with Gasteiger partial charge in [0.25, 0.3) is 0 Å². The molecule has 4 aromatic rings. The molecule has 0 atom stereocenters. The van der Waals surface area contributed by atoms with Crippen LogP contribution < -0.4 is 4.90 Å². The van der Waals surface area contributed by atoms with Gasteiger partial charge in [0.15, 0.2) is 0 Å². The van der Waals surface area contributed by atoms with Gasteiger partial charge in [0, 0.05) is 28.0 Å². The van der Waals surface area contributed by atoms with E-state index in [9.17, 15) is 0 Å². The SMILES string of the molecule is Cc1ccc(-c2nnc(-c3ccc4c(c3)Sc3ccccc3N4C)o2)cc1. The Morgan fingerprint density at radius 2 is 1.44 bits per heavy atom. The monoisotopic (exact) mass is 371 g/mol. The second-order valence-electron chi connectivity index (χ2n) is 6.59. The summed E-state index contributed by atoms with van der Waals surface area (Å²) in [5.74, 6) is 1.08. The predicted octanol–water partition coefficient (Wildman–Crippen LogP) is 5.94. The number of hydrogen-bond donors (Lipinski definition) is 0. The number of benzene rings is 3. The summed E-state index contributed by atoms with van der Waals surface area (Å²) in [5, 5.41) is 8.48. The van der Waals surface area contributed by atoms with Gasteiger partial charge in [0.2, 0.25) is 11.8 Å². The third-order valence-electron chi connectivity index (χ3n) is 4.74. The predicted molar refractivity (Wildman–Crippen MR) is 109 cm³/mol. The summed E-state index contributed by atoms with van der Waals surface area (Å²) in [4.78, 5) is 4.65. The Kier molecular flexibility index (Phi) is 3.76. The van der Waals surface area contributed by atoms with Gasteiger partial charge in [-0.1, -0.05) is 41.6 Å². The summed E-state index contributed by atoms with van der Waals surface area (Å²) in [7, 11) is 2.10. The van der Waals surface area contributed by atoms with Crippen LogP contribution in [0.3, 0.4) is 0 Å². The molecule has 1 aromatic heterocycles. The van der Waals surface area contributed by atoms with E-state index in [1.54, 1.807) is 11.8 Å². The van der Waals surface area contributed by atoms with Crippen molar-refractivity contribution in [2.24, 2.45) is 0 Å². The highest BCUT2D eigenvalue weighted by molar-refractivity contribution is 7.99. The third kappa shape index (κ3) is 2.80. The fourth-order valence-electron chi connectivity index (χ4n) is 3.23. The van der Waals surface area contributed by atoms with Crippen molar-refractivity contribution >= 4 is 23.1 Å². The van der Waals surface area contributed by atoms with E-state index in [0.717, 1.165) is 11.1 Å². The molecular formula is C22H17N3OS. The minimum absolute atomic E-state index is 0.537.